The van der Waals surface area contributed by atoms with Crippen LogP contribution in [0.15, 0.2) is 0 Å². The molecule has 2 N–H and O–H groups in total. The summed E-state index contributed by atoms with van der Waals surface area (Å²) < 4.78 is 5.51. The number of ether oxygens (including phenoxy) is 1. The molecule has 0 aromatic rings. The van der Waals surface area contributed by atoms with E-state index in [2.05, 4.69) is 19.2 Å². The number of aliphatic hydroxyl groups excluding tert-OH is 1. The van der Waals surface area contributed by atoms with Gasteiger partial charge in [0.1, 0.15) is 5.60 Å². The van der Waals surface area contributed by atoms with Crippen LogP contribution in [-0.2, 0) is 4.74 Å². The van der Waals surface area contributed by atoms with Gasteiger partial charge in [0.25, 0.3) is 0 Å². The van der Waals surface area contributed by atoms with Gasteiger partial charge in [-0.15, -0.1) is 0 Å². The fraction of sp³-hybridized carbons (Fsp3) is 0.944. The van der Waals surface area contributed by atoms with Crippen LogP contribution < -0.4 is 5.32 Å². The van der Waals surface area contributed by atoms with E-state index in [1.54, 1.807) is 0 Å². The number of carbonyl (C=O) groups excluding carboxylic acids is 1. The Morgan fingerprint density at radius 2 is 2.09 bits per heavy atom. The van der Waals surface area contributed by atoms with Crippen LogP contribution >= 0.6 is 0 Å². The van der Waals surface area contributed by atoms with Crippen LogP contribution in [0.4, 0.5) is 4.79 Å². The molecule has 1 fully saturated rings. The lowest BCUT2D eigenvalue weighted by atomic mass is 10.0. The number of nitrogens with zero attached hydrogens (tertiary/aromatic N) is 1. The number of rotatable bonds is 8. The third-order valence-electron chi connectivity index (χ3n) is 4.31. The molecule has 0 aromatic carbocycles. The lowest BCUT2D eigenvalue weighted by molar-refractivity contribution is 0.0214. The second-order valence-corrected chi connectivity index (χ2v) is 7.99. The van der Waals surface area contributed by atoms with Gasteiger partial charge in [0.15, 0.2) is 0 Å². The predicted octanol–water partition coefficient (Wildman–Crippen LogP) is 3.16. The molecule has 3 atom stereocenters. The normalized spacial score (nSPS) is 21.3. The SMILES string of the molecule is CC(CO)CCCNC(C)CC1CCCN1C(=O)OC(C)(C)C. The average molecular weight is 328 g/mol. The first-order chi connectivity index (χ1) is 10.7. The fourth-order valence-electron chi connectivity index (χ4n) is 3.02. The highest BCUT2D eigenvalue weighted by Gasteiger charge is 2.32. The molecule has 0 radical (unpaired) electrons. The topological polar surface area (TPSA) is 61.8 Å². The van der Waals surface area contributed by atoms with Gasteiger partial charge in [-0.3, -0.25) is 0 Å². The van der Waals surface area contributed by atoms with Crippen LogP contribution in [0, 0.1) is 5.92 Å². The first-order valence-electron chi connectivity index (χ1n) is 9.06. The van der Waals surface area contributed by atoms with Gasteiger partial charge in [0.05, 0.1) is 0 Å². The van der Waals surface area contributed by atoms with E-state index in [4.69, 9.17) is 9.84 Å². The minimum Gasteiger partial charge on any atom is -0.444 e. The lowest BCUT2D eigenvalue weighted by Gasteiger charge is -2.30. The van der Waals surface area contributed by atoms with Crippen molar-refractivity contribution < 1.29 is 14.6 Å². The van der Waals surface area contributed by atoms with Crippen LogP contribution in [0.1, 0.15) is 66.7 Å². The van der Waals surface area contributed by atoms with Gasteiger partial charge in [0.2, 0.25) is 0 Å². The predicted molar refractivity (Wildman–Crippen MR) is 93.5 cm³/mol. The summed E-state index contributed by atoms with van der Waals surface area (Å²) in [5.74, 6) is 0.379. The molecule has 0 aromatic heterocycles. The van der Waals surface area contributed by atoms with E-state index in [9.17, 15) is 4.79 Å². The molecule has 1 heterocycles. The van der Waals surface area contributed by atoms with E-state index >= 15 is 0 Å². The highest BCUT2D eigenvalue weighted by Crippen LogP contribution is 2.24. The molecular formula is C18H36N2O3. The van der Waals surface area contributed by atoms with Crippen molar-refractivity contribution in [1.82, 2.24) is 10.2 Å². The summed E-state index contributed by atoms with van der Waals surface area (Å²) in [6, 6.07) is 0.663. The van der Waals surface area contributed by atoms with E-state index in [-0.39, 0.29) is 18.7 Å². The molecule has 1 amide bonds. The van der Waals surface area contributed by atoms with Crippen molar-refractivity contribution in [1.29, 1.82) is 0 Å². The van der Waals surface area contributed by atoms with E-state index < -0.39 is 5.60 Å². The summed E-state index contributed by atoms with van der Waals surface area (Å²) in [5.41, 5.74) is -0.433. The molecule has 0 bridgehead atoms. The molecule has 1 rings (SSSR count). The van der Waals surface area contributed by atoms with Gasteiger partial charge < -0.3 is 20.1 Å². The zero-order valence-corrected chi connectivity index (χ0v) is 15.6. The quantitative estimate of drug-likeness (QED) is 0.672. The number of hydrogen-bond donors (Lipinski definition) is 2. The third-order valence-corrected chi connectivity index (χ3v) is 4.31. The molecule has 1 aliphatic rings. The third kappa shape index (κ3) is 8.02. The van der Waals surface area contributed by atoms with Crippen molar-refractivity contribution in [3.63, 3.8) is 0 Å². The fourth-order valence-corrected chi connectivity index (χ4v) is 3.02. The number of amides is 1. The molecular weight excluding hydrogens is 292 g/mol. The van der Waals surface area contributed by atoms with Crippen LogP contribution in [0.5, 0.6) is 0 Å². The maximum absolute atomic E-state index is 12.3. The molecule has 5 heteroatoms. The molecule has 0 saturated carbocycles. The summed E-state index contributed by atoms with van der Waals surface area (Å²) in [6.07, 6.45) is 5.03. The maximum atomic E-state index is 12.3. The Hall–Kier alpha value is -0.810. The van der Waals surface area contributed by atoms with Crippen LogP contribution in [0.3, 0.4) is 0 Å². The molecule has 0 spiro atoms. The number of carbonyl (C=O) groups is 1. The monoisotopic (exact) mass is 328 g/mol. The average Bonchev–Trinajstić information content (AvgIpc) is 2.89. The van der Waals surface area contributed by atoms with E-state index in [0.29, 0.717) is 12.0 Å². The minimum absolute atomic E-state index is 0.177. The Morgan fingerprint density at radius 1 is 1.39 bits per heavy atom. The van der Waals surface area contributed by atoms with E-state index in [1.165, 1.54) is 0 Å². The van der Waals surface area contributed by atoms with Gasteiger partial charge in [-0.05, 0) is 72.3 Å². The molecule has 1 aliphatic heterocycles. The van der Waals surface area contributed by atoms with Crippen molar-refractivity contribution in [2.24, 2.45) is 5.92 Å². The second kappa shape index (κ2) is 9.48. The Kier molecular flexibility index (Phi) is 8.34. The summed E-state index contributed by atoms with van der Waals surface area (Å²) in [5, 5.41) is 12.6. The van der Waals surface area contributed by atoms with E-state index in [1.807, 2.05) is 25.7 Å². The first-order valence-corrected chi connectivity index (χ1v) is 9.06. The number of hydrogen-bond acceptors (Lipinski definition) is 4. The van der Waals surface area contributed by atoms with Crippen molar-refractivity contribution in [2.75, 3.05) is 19.7 Å². The van der Waals surface area contributed by atoms with Crippen molar-refractivity contribution in [2.45, 2.75) is 84.4 Å². The molecule has 3 unspecified atom stereocenters. The Morgan fingerprint density at radius 3 is 2.70 bits per heavy atom. The van der Waals surface area contributed by atoms with Crippen LogP contribution in [0.2, 0.25) is 0 Å². The van der Waals surface area contributed by atoms with Gasteiger partial charge >= 0.3 is 6.09 Å². The smallest absolute Gasteiger partial charge is 0.410 e. The molecule has 5 nitrogen and oxygen atoms in total. The number of aliphatic hydroxyl groups is 1. The van der Waals surface area contributed by atoms with Crippen LogP contribution in [0.25, 0.3) is 0 Å². The minimum atomic E-state index is -0.433. The van der Waals surface area contributed by atoms with Crippen molar-refractivity contribution in [3.05, 3.63) is 0 Å². The first kappa shape index (κ1) is 20.2. The number of likely N-dealkylation sites (tertiary alicyclic amines) is 1. The summed E-state index contributed by atoms with van der Waals surface area (Å²) in [4.78, 5) is 14.2. The number of nitrogens with one attached hydrogen (secondary N) is 1. The molecule has 136 valence electrons. The van der Waals surface area contributed by atoms with Crippen molar-refractivity contribution in [3.8, 4) is 0 Å². The van der Waals surface area contributed by atoms with Crippen molar-refractivity contribution >= 4 is 6.09 Å². The molecule has 1 saturated heterocycles. The van der Waals surface area contributed by atoms with E-state index in [0.717, 1.165) is 45.2 Å². The van der Waals surface area contributed by atoms with Gasteiger partial charge in [-0.1, -0.05) is 6.92 Å². The maximum Gasteiger partial charge on any atom is 0.410 e. The summed E-state index contributed by atoms with van der Waals surface area (Å²) in [7, 11) is 0. The highest BCUT2D eigenvalue weighted by molar-refractivity contribution is 5.68. The molecule has 0 aliphatic carbocycles. The Bertz CT molecular complexity index is 355. The summed E-state index contributed by atoms with van der Waals surface area (Å²) in [6.45, 7) is 12.0. The Balaban J connectivity index is 2.32. The second-order valence-electron chi connectivity index (χ2n) is 7.99. The lowest BCUT2D eigenvalue weighted by Crippen LogP contribution is -2.42. The van der Waals surface area contributed by atoms with Crippen LogP contribution in [-0.4, -0.2) is 53.5 Å². The van der Waals surface area contributed by atoms with Gasteiger partial charge in [-0.25, -0.2) is 4.79 Å². The highest BCUT2D eigenvalue weighted by atomic mass is 16.6. The van der Waals surface area contributed by atoms with Gasteiger partial charge in [-0.2, -0.15) is 0 Å². The summed E-state index contributed by atoms with van der Waals surface area (Å²) >= 11 is 0. The zero-order valence-electron chi connectivity index (χ0n) is 15.6. The molecule has 23 heavy (non-hydrogen) atoms. The zero-order chi connectivity index (χ0) is 17.5. The Labute approximate surface area is 141 Å². The van der Waals surface area contributed by atoms with Gasteiger partial charge in [0, 0.05) is 25.2 Å². The largest absolute Gasteiger partial charge is 0.444 e. The standard InChI is InChI=1S/C18H36N2O3/c1-14(13-21)8-6-10-19-15(2)12-16-9-7-11-20(16)17(22)23-18(3,4)5/h14-16,19,21H,6-13H2,1-5H3.